The summed E-state index contributed by atoms with van der Waals surface area (Å²) in [6.07, 6.45) is 1.31. The molecule has 0 aliphatic rings. The first-order valence-corrected chi connectivity index (χ1v) is 5.12. The number of halogens is 2. The third-order valence-electron chi connectivity index (χ3n) is 2.24. The lowest BCUT2D eigenvalue weighted by atomic mass is 10.1. The van der Waals surface area contributed by atoms with Crippen molar-refractivity contribution in [2.45, 2.75) is 0 Å². The van der Waals surface area contributed by atoms with Gasteiger partial charge in [0.2, 0.25) is 0 Å². The number of hydrogen-bond acceptors (Lipinski definition) is 3. The van der Waals surface area contributed by atoms with E-state index in [2.05, 4.69) is 9.97 Å². The second-order valence-corrected chi connectivity index (χ2v) is 3.60. The van der Waals surface area contributed by atoms with Gasteiger partial charge in [-0.1, -0.05) is 18.3 Å². The van der Waals surface area contributed by atoms with Crippen LogP contribution in [0.4, 0.5) is 8.78 Å². The van der Waals surface area contributed by atoms with Crippen LogP contribution in [0.2, 0.25) is 0 Å². The van der Waals surface area contributed by atoms with Crippen LogP contribution in [0, 0.1) is 16.3 Å². The lowest BCUT2D eigenvalue weighted by Gasteiger charge is -2.08. The van der Waals surface area contributed by atoms with E-state index in [4.69, 9.17) is 17.0 Å². The van der Waals surface area contributed by atoms with E-state index in [9.17, 15) is 8.78 Å². The summed E-state index contributed by atoms with van der Waals surface area (Å²) >= 11 is 4.94. The predicted octanol–water partition coefficient (Wildman–Crippen LogP) is 3.09. The van der Waals surface area contributed by atoms with E-state index in [0.717, 1.165) is 6.07 Å². The van der Waals surface area contributed by atoms with Crippen molar-refractivity contribution >= 4 is 12.2 Å². The summed E-state index contributed by atoms with van der Waals surface area (Å²) in [5.74, 6) is -1.67. The number of nitrogens with one attached hydrogen (secondary N) is 1. The molecule has 0 saturated carbocycles. The van der Waals surface area contributed by atoms with E-state index < -0.39 is 11.6 Å². The van der Waals surface area contributed by atoms with Crippen molar-refractivity contribution in [1.82, 2.24) is 9.97 Å². The molecule has 2 aromatic rings. The van der Waals surface area contributed by atoms with Gasteiger partial charge in [0.25, 0.3) is 0 Å². The number of rotatable bonds is 2. The van der Waals surface area contributed by atoms with Gasteiger partial charge in [-0.05, 0) is 12.1 Å². The normalized spacial score (nSPS) is 10.3. The van der Waals surface area contributed by atoms with Crippen LogP contribution in [0.25, 0.3) is 11.3 Å². The molecule has 0 aliphatic heterocycles. The molecule has 88 valence electrons. The average molecular weight is 254 g/mol. The Morgan fingerprint density at radius 1 is 1.35 bits per heavy atom. The van der Waals surface area contributed by atoms with Gasteiger partial charge in [-0.2, -0.15) is 0 Å². The zero-order valence-corrected chi connectivity index (χ0v) is 9.65. The zero-order chi connectivity index (χ0) is 12.4. The molecule has 3 nitrogen and oxygen atoms in total. The molecule has 0 saturated heterocycles. The molecule has 0 fully saturated rings. The number of aromatic amines is 1. The summed E-state index contributed by atoms with van der Waals surface area (Å²) in [6.45, 7) is 0. The molecule has 0 spiro atoms. The van der Waals surface area contributed by atoms with Crippen molar-refractivity contribution in [3.63, 3.8) is 0 Å². The van der Waals surface area contributed by atoms with Gasteiger partial charge in [-0.25, -0.2) is 13.8 Å². The van der Waals surface area contributed by atoms with Crippen LogP contribution in [0.3, 0.4) is 0 Å². The number of benzene rings is 1. The number of nitrogens with zero attached hydrogens (tertiary/aromatic N) is 1. The largest absolute Gasteiger partial charge is 0.491 e. The third-order valence-corrected chi connectivity index (χ3v) is 2.53. The van der Waals surface area contributed by atoms with Crippen LogP contribution >= 0.6 is 12.2 Å². The van der Waals surface area contributed by atoms with Crippen LogP contribution in [-0.2, 0) is 0 Å². The van der Waals surface area contributed by atoms with Crippen molar-refractivity contribution in [1.29, 1.82) is 0 Å². The minimum absolute atomic E-state index is 0.0513. The maximum Gasteiger partial charge on any atom is 0.179 e. The summed E-state index contributed by atoms with van der Waals surface area (Å²) in [5, 5.41) is 0. The Morgan fingerprint density at radius 2 is 2.12 bits per heavy atom. The lowest BCUT2D eigenvalue weighted by Crippen LogP contribution is -1.97. The first-order chi connectivity index (χ1) is 8.15. The molecule has 17 heavy (non-hydrogen) atoms. The Balaban J connectivity index is 2.73. The van der Waals surface area contributed by atoms with E-state index >= 15 is 0 Å². The van der Waals surface area contributed by atoms with E-state index in [-0.39, 0.29) is 21.6 Å². The topological polar surface area (TPSA) is 37.9 Å². The molecule has 1 heterocycles. The standard InChI is InChI=1S/C11H8F2N2OS/c1-16-10-9(14-5-15-11(10)17)6-3-2-4-7(12)8(6)13/h2-5H,1H3,(H,14,15,17). The Bertz CT molecular complexity index is 613. The van der Waals surface area contributed by atoms with Gasteiger partial charge in [0, 0.05) is 5.56 Å². The van der Waals surface area contributed by atoms with Crippen molar-refractivity contribution < 1.29 is 13.5 Å². The van der Waals surface area contributed by atoms with E-state index in [1.54, 1.807) is 0 Å². The summed E-state index contributed by atoms with van der Waals surface area (Å²) in [6, 6.07) is 3.88. The van der Waals surface area contributed by atoms with Gasteiger partial charge in [-0.15, -0.1) is 0 Å². The van der Waals surface area contributed by atoms with Gasteiger partial charge in [0.1, 0.15) is 0 Å². The lowest BCUT2D eigenvalue weighted by molar-refractivity contribution is 0.410. The van der Waals surface area contributed by atoms with Crippen molar-refractivity contribution in [3.8, 4) is 17.0 Å². The van der Waals surface area contributed by atoms with Crippen LogP contribution in [0.5, 0.6) is 5.75 Å². The number of ether oxygens (including phenoxy) is 1. The average Bonchev–Trinajstić information content (AvgIpc) is 2.32. The highest BCUT2D eigenvalue weighted by atomic mass is 32.1. The van der Waals surface area contributed by atoms with E-state index in [0.29, 0.717) is 0 Å². The number of aromatic nitrogens is 2. The fourth-order valence-electron chi connectivity index (χ4n) is 1.47. The molecule has 0 bridgehead atoms. The SMILES string of the molecule is COc1c(-c2cccc(F)c2F)[nH]cnc1=S. The molecule has 0 amide bonds. The minimum atomic E-state index is -0.956. The molecule has 0 unspecified atom stereocenters. The highest BCUT2D eigenvalue weighted by Gasteiger charge is 2.15. The molecule has 1 aromatic heterocycles. The van der Waals surface area contributed by atoms with E-state index in [1.807, 2.05) is 0 Å². The Kier molecular flexibility index (Phi) is 3.14. The molecule has 0 aliphatic carbocycles. The molecule has 1 aromatic carbocycles. The summed E-state index contributed by atoms with van der Waals surface area (Å²) < 4.78 is 32.0. The number of H-pyrrole nitrogens is 1. The fourth-order valence-corrected chi connectivity index (χ4v) is 1.71. The molecular formula is C11H8F2N2OS. The van der Waals surface area contributed by atoms with Crippen LogP contribution in [0.1, 0.15) is 0 Å². The third kappa shape index (κ3) is 2.03. The first kappa shape index (κ1) is 11.7. The molecular weight excluding hydrogens is 246 g/mol. The fraction of sp³-hybridized carbons (Fsp3) is 0.0909. The van der Waals surface area contributed by atoms with Crippen molar-refractivity contribution in [3.05, 3.63) is 40.8 Å². The van der Waals surface area contributed by atoms with Gasteiger partial charge in [-0.3, -0.25) is 0 Å². The highest BCUT2D eigenvalue weighted by Crippen LogP contribution is 2.30. The van der Waals surface area contributed by atoms with Gasteiger partial charge < -0.3 is 9.72 Å². The van der Waals surface area contributed by atoms with Crippen molar-refractivity contribution in [2.75, 3.05) is 7.11 Å². The minimum Gasteiger partial charge on any atom is -0.491 e. The molecule has 0 radical (unpaired) electrons. The Morgan fingerprint density at radius 3 is 2.82 bits per heavy atom. The molecule has 2 rings (SSSR count). The number of hydrogen-bond donors (Lipinski definition) is 1. The molecule has 0 atom stereocenters. The zero-order valence-electron chi connectivity index (χ0n) is 8.83. The summed E-state index contributed by atoms with van der Waals surface area (Å²) in [7, 11) is 1.39. The predicted molar refractivity (Wildman–Crippen MR) is 61.3 cm³/mol. The van der Waals surface area contributed by atoms with Crippen LogP contribution in [0.15, 0.2) is 24.5 Å². The smallest absolute Gasteiger partial charge is 0.179 e. The summed E-state index contributed by atoms with van der Waals surface area (Å²) in [5.41, 5.74) is 0.319. The first-order valence-electron chi connectivity index (χ1n) is 4.71. The summed E-state index contributed by atoms with van der Waals surface area (Å²) in [4.78, 5) is 6.51. The quantitative estimate of drug-likeness (QED) is 0.837. The monoisotopic (exact) mass is 254 g/mol. The van der Waals surface area contributed by atoms with Crippen molar-refractivity contribution in [2.24, 2.45) is 0 Å². The van der Waals surface area contributed by atoms with Gasteiger partial charge in [0.05, 0.1) is 19.1 Å². The van der Waals surface area contributed by atoms with Crippen LogP contribution in [-0.4, -0.2) is 17.1 Å². The van der Waals surface area contributed by atoms with Gasteiger partial charge >= 0.3 is 0 Å². The second kappa shape index (κ2) is 4.58. The molecule has 6 heteroatoms. The Labute approximate surface area is 101 Å². The number of methoxy groups -OCH3 is 1. The van der Waals surface area contributed by atoms with Crippen LogP contribution < -0.4 is 4.74 Å². The maximum atomic E-state index is 13.6. The van der Waals surface area contributed by atoms with Gasteiger partial charge in [0.15, 0.2) is 22.0 Å². The molecule has 1 N–H and O–H groups in total. The maximum absolute atomic E-state index is 13.6. The second-order valence-electron chi connectivity index (χ2n) is 3.22. The Hall–Kier alpha value is -1.82. The highest BCUT2D eigenvalue weighted by molar-refractivity contribution is 7.71. The van der Waals surface area contributed by atoms with E-state index in [1.165, 1.54) is 25.6 Å².